The number of ether oxygens (including phenoxy) is 1. The quantitative estimate of drug-likeness (QED) is 0.661. The van der Waals surface area contributed by atoms with Gasteiger partial charge < -0.3 is 15.4 Å². The molecule has 27 heavy (non-hydrogen) atoms. The maximum Gasteiger partial charge on any atom is 0.271 e. The normalized spacial score (nSPS) is 11.5. The van der Waals surface area contributed by atoms with E-state index in [0.29, 0.717) is 22.3 Å². The smallest absolute Gasteiger partial charge is 0.271 e. The second-order valence-corrected chi connectivity index (χ2v) is 6.30. The minimum Gasteiger partial charge on any atom is -0.495 e. The zero-order valence-corrected chi connectivity index (χ0v) is 15.7. The van der Waals surface area contributed by atoms with Gasteiger partial charge in [0.25, 0.3) is 5.91 Å². The lowest BCUT2D eigenvalue weighted by Crippen LogP contribution is -2.27. The van der Waals surface area contributed by atoms with Crippen LogP contribution in [0.15, 0.2) is 60.9 Å². The van der Waals surface area contributed by atoms with Gasteiger partial charge in [-0.15, -0.1) is 0 Å². The van der Waals surface area contributed by atoms with E-state index < -0.39 is 0 Å². The van der Waals surface area contributed by atoms with Gasteiger partial charge in [-0.3, -0.25) is 4.79 Å². The van der Waals surface area contributed by atoms with E-state index in [-0.39, 0.29) is 17.6 Å². The number of aromatic nitrogens is 2. The first-order chi connectivity index (χ1) is 13.1. The molecule has 2 N–H and O–H groups in total. The summed E-state index contributed by atoms with van der Waals surface area (Å²) in [6, 6.07) is 14.8. The van der Waals surface area contributed by atoms with Crippen LogP contribution in [0.4, 0.5) is 11.5 Å². The first kappa shape index (κ1) is 18.7. The number of nitrogens with zero attached hydrogens (tertiary/aromatic N) is 2. The van der Waals surface area contributed by atoms with Crippen molar-refractivity contribution in [3.05, 3.63) is 77.2 Å². The summed E-state index contributed by atoms with van der Waals surface area (Å²) in [5.74, 6) is 0.814. The van der Waals surface area contributed by atoms with Crippen molar-refractivity contribution < 1.29 is 9.53 Å². The van der Waals surface area contributed by atoms with Crippen molar-refractivity contribution in [2.24, 2.45) is 0 Å². The molecule has 1 unspecified atom stereocenters. The Labute approximate surface area is 162 Å². The summed E-state index contributed by atoms with van der Waals surface area (Å²) in [5.41, 5.74) is 1.92. The molecule has 3 rings (SSSR count). The van der Waals surface area contributed by atoms with Crippen molar-refractivity contribution in [2.45, 2.75) is 13.0 Å². The molecular formula is C20H19ClN4O2. The summed E-state index contributed by atoms with van der Waals surface area (Å²) in [7, 11) is 1.57. The predicted octanol–water partition coefficient (Wildman–Crippen LogP) is 4.37. The average molecular weight is 383 g/mol. The molecule has 1 amide bonds. The summed E-state index contributed by atoms with van der Waals surface area (Å²) < 4.78 is 5.29. The zero-order valence-electron chi connectivity index (χ0n) is 14.9. The molecule has 0 saturated heterocycles. The van der Waals surface area contributed by atoms with Gasteiger partial charge in [-0.05, 0) is 30.7 Å². The number of nitrogens with one attached hydrogen (secondary N) is 2. The van der Waals surface area contributed by atoms with Crippen molar-refractivity contribution in [1.82, 2.24) is 15.3 Å². The number of methoxy groups -OCH3 is 1. The van der Waals surface area contributed by atoms with E-state index in [1.54, 1.807) is 25.3 Å². The van der Waals surface area contributed by atoms with Gasteiger partial charge >= 0.3 is 0 Å². The van der Waals surface area contributed by atoms with E-state index >= 15 is 0 Å². The van der Waals surface area contributed by atoms with Crippen LogP contribution in [0, 0.1) is 0 Å². The Morgan fingerprint density at radius 1 is 1.11 bits per heavy atom. The predicted molar refractivity (Wildman–Crippen MR) is 106 cm³/mol. The van der Waals surface area contributed by atoms with Crippen LogP contribution < -0.4 is 15.4 Å². The molecule has 7 heteroatoms. The molecule has 0 spiro atoms. The van der Waals surface area contributed by atoms with Gasteiger partial charge in [0, 0.05) is 5.02 Å². The maximum atomic E-state index is 12.4. The Bertz CT molecular complexity index is 917. The third-order valence-electron chi connectivity index (χ3n) is 3.96. The molecule has 0 bridgehead atoms. The van der Waals surface area contributed by atoms with Gasteiger partial charge in [0.1, 0.15) is 17.3 Å². The van der Waals surface area contributed by atoms with Crippen LogP contribution in [0.1, 0.15) is 29.0 Å². The Kier molecular flexibility index (Phi) is 5.88. The fourth-order valence-corrected chi connectivity index (χ4v) is 2.69. The molecule has 1 heterocycles. The number of amides is 1. The first-order valence-corrected chi connectivity index (χ1v) is 8.73. The third-order valence-corrected chi connectivity index (χ3v) is 4.19. The Morgan fingerprint density at radius 3 is 2.56 bits per heavy atom. The van der Waals surface area contributed by atoms with Crippen molar-refractivity contribution in [2.75, 3.05) is 12.4 Å². The van der Waals surface area contributed by atoms with Gasteiger partial charge in [0.2, 0.25) is 0 Å². The Hall–Kier alpha value is -3.12. The molecule has 2 aromatic carbocycles. The van der Waals surface area contributed by atoms with E-state index in [9.17, 15) is 4.79 Å². The molecule has 6 nitrogen and oxygen atoms in total. The standard InChI is InChI=1S/C20H19ClN4O2/c1-13(14-6-4-3-5-7-14)24-20(26)17-11-23-19(12-22-17)25-16-10-15(21)8-9-18(16)27-2/h3-13H,1-2H3,(H,23,25)(H,24,26). The largest absolute Gasteiger partial charge is 0.495 e. The fraction of sp³-hybridized carbons (Fsp3) is 0.150. The number of carbonyl (C=O) groups is 1. The van der Waals surface area contributed by atoms with Crippen LogP contribution in [0.25, 0.3) is 0 Å². The number of anilines is 2. The van der Waals surface area contributed by atoms with Crippen LogP contribution >= 0.6 is 11.6 Å². The number of carbonyl (C=O) groups excluding carboxylic acids is 1. The van der Waals surface area contributed by atoms with Crippen LogP contribution in [0.3, 0.4) is 0 Å². The highest BCUT2D eigenvalue weighted by molar-refractivity contribution is 6.31. The van der Waals surface area contributed by atoms with Crippen LogP contribution in [-0.2, 0) is 0 Å². The maximum absolute atomic E-state index is 12.4. The average Bonchev–Trinajstić information content (AvgIpc) is 2.69. The molecular weight excluding hydrogens is 364 g/mol. The first-order valence-electron chi connectivity index (χ1n) is 8.35. The molecule has 1 atom stereocenters. The van der Waals surface area contributed by atoms with Crippen LogP contribution in [-0.4, -0.2) is 23.0 Å². The lowest BCUT2D eigenvalue weighted by molar-refractivity contribution is 0.0934. The monoisotopic (exact) mass is 382 g/mol. The summed E-state index contributed by atoms with van der Waals surface area (Å²) in [6.07, 6.45) is 2.91. The number of hydrogen-bond donors (Lipinski definition) is 2. The van der Waals surface area contributed by atoms with Gasteiger partial charge in [-0.25, -0.2) is 9.97 Å². The highest BCUT2D eigenvalue weighted by atomic mass is 35.5. The topological polar surface area (TPSA) is 76.1 Å². The van der Waals surface area contributed by atoms with Crippen molar-refractivity contribution in [3.63, 3.8) is 0 Å². The summed E-state index contributed by atoms with van der Waals surface area (Å²) in [5, 5.41) is 6.56. The Morgan fingerprint density at radius 2 is 1.89 bits per heavy atom. The lowest BCUT2D eigenvalue weighted by atomic mass is 10.1. The summed E-state index contributed by atoms with van der Waals surface area (Å²) in [4.78, 5) is 20.8. The van der Waals surface area contributed by atoms with E-state index in [1.807, 2.05) is 37.3 Å². The van der Waals surface area contributed by atoms with Crippen LogP contribution in [0.5, 0.6) is 5.75 Å². The highest BCUT2D eigenvalue weighted by Crippen LogP contribution is 2.29. The third kappa shape index (κ3) is 4.74. The SMILES string of the molecule is COc1ccc(Cl)cc1Nc1cnc(C(=O)NC(C)c2ccccc2)cn1. The van der Waals surface area contributed by atoms with Crippen LogP contribution in [0.2, 0.25) is 5.02 Å². The molecule has 0 fully saturated rings. The number of hydrogen-bond acceptors (Lipinski definition) is 5. The lowest BCUT2D eigenvalue weighted by Gasteiger charge is -2.14. The van der Waals surface area contributed by atoms with E-state index in [0.717, 1.165) is 5.56 Å². The fourth-order valence-electron chi connectivity index (χ4n) is 2.52. The summed E-state index contributed by atoms with van der Waals surface area (Å²) in [6.45, 7) is 1.92. The highest BCUT2D eigenvalue weighted by Gasteiger charge is 2.13. The molecule has 0 aliphatic carbocycles. The second-order valence-electron chi connectivity index (χ2n) is 5.86. The zero-order chi connectivity index (χ0) is 19.2. The minimum atomic E-state index is -0.286. The molecule has 1 aromatic heterocycles. The van der Waals surface area contributed by atoms with E-state index in [4.69, 9.17) is 16.3 Å². The van der Waals surface area contributed by atoms with E-state index in [1.165, 1.54) is 12.4 Å². The van der Waals surface area contributed by atoms with Gasteiger partial charge in [0.05, 0.1) is 31.2 Å². The van der Waals surface area contributed by atoms with E-state index in [2.05, 4.69) is 20.6 Å². The molecule has 0 aliphatic heterocycles. The molecule has 3 aromatic rings. The number of benzene rings is 2. The summed E-state index contributed by atoms with van der Waals surface area (Å²) >= 11 is 6.02. The van der Waals surface area contributed by atoms with Gasteiger partial charge in [0.15, 0.2) is 0 Å². The molecule has 0 radical (unpaired) electrons. The second kappa shape index (κ2) is 8.51. The molecule has 138 valence electrons. The van der Waals surface area contributed by atoms with Gasteiger partial charge in [-0.1, -0.05) is 41.9 Å². The Balaban J connectivity index is 1.68. The van der Waals surface area contributed by atoms with Crippen molar-refractivity contribution >= 4 is 29.0 Å². The number of rotatable bonds is 6. The molecule has 0 aliphatic rings. The van der Waals surface area contributed by atoms with Gasteiger partial charge in [-0.2, -0.15) is 0 Å². The minimum absolute atomic E-state index is 0.131. The number of halogens is 1. The molecule has 0 saturated carbocycles. The van der Waals surface area contributed by atoms with Crippen molar-refractivity contribution in [1.29, 1.82) is 0 Å². The van der Waals surface area contributed by atoms with Crippen molar-refractivity contribution in [3.8, 4) is 5.75 Å².